The zero-order valence-electron chi connectivity index (χ0n) is 19.7. The van der Waals surface area contributed by atoms with Crippen LogP contribution in [0.2, 0.25) is 5.02 Å². The SMILES string of the molecule is O=C(Nc1cccc(SCC(=O)c2ccccc2)c1)/C(=C/c1cccc(Cl)c1)NC(=O)c1ccccc1. The Morgan fingerprint density at radius 1 is 0.757 bits per heavy atom. The Hall–Kier alpha value is -4.13. The van der Waals surface area contributed by atoms with Crippen LogP contribution in [0.15, 0.2) is 120 Å². The van der Waals surface area contributed by atoms with Gasteiger partial charge in [0.2, 0.25) is 0 Å². The second-order valence-electron chi connectivity index (χ2n) is 7.99. The number of Topliss-reactive ketones (excluding diaryl/α,β-unsaturated/α-hetero) is 1. The highest BCUT2D eigenvalue weighted by atomic mass is 35.5. The van der Waals surface area contributed by atoms with E-state index in [9.17, 15) is 14.4 Å². The summed E-state index contributed by atoms with van der Waals surface area (Å²) in [6.45, 7) is 0. The number of rotatable bonds is 9. The lowest BCUT2D eigenvalue weighted by Crippen LogP contribution is -2.30. The lowest BCUT2D eigenvalue weighted by atomic mass is 10.1. The van der Waals surface area contributed by atoms with Crippen LogP contribution in [0.3, 0.4) is 0 Å². The molecule has 0 saturated carbocycles. The van der Waals surface area contributed by atoms with Gasteiger partial charge in [0.05, 0.1) is 5.75 Å². The highest BCUT2D eigenvalue weighted by molar-refractivity contribution is 8.00. The van der Waals surface area contributed by atoms with Crippen molar-refractivity contribution in [1.82, 2.24) is 5.32 Å². The molecule has 0 aliphatic rings. The van der Waals surface area contributed by atoms with Crippen LogP contribution in [0.5, 0.6) is 0 Å². The van der Waals surface area contributed by atoms with E-state index in [2.05, 4.69) is 10.6 Å². The van der Waals surface area contributed by atoms with Crippen LogP contribution in [-0.4, -0.2) is 23.4 Å². The van der Waals surface area contributed by atoms with E-state index in [1.807, 2.05) is 30.3 Å². The molecule has 0 bridgehead atoms. The second-order valence-corrected chi connectivity index (χ2v) is 9.48. The van der Waals surface area contributed by atoms with Crippen LogP contribution < -0.4 is 10.6 Å². The molecule has 184 valence electrons. The summed E-state index contributed by atoms with van der Waals surface area (Å²) < 4.78 is 0. The van der Waals surface area contributed by atoms with E-state index in [1.54, 1.807) is 84.9 Å². The maximum absolute atomic E-state index is 13.2. The molecule has 0 aromatic heterocycles. The Morgan fingerprint density at radius 3 is 2.14 bits per heavy atom. The third-order valence-corrected chi connectivity index (χ3v) is 6.47. The van der Waals surface area contributed by atoms with Gasteiger partial charge in [0.15, 0.2) is 5.78 Å². The van der Waals surface area contributed by atoms with E-state index in [0.717, 1.165) is 4.90 Å². The van der Waals surface area contributed by atoms with Crippen molar-refractivity contribution < 1.29 is 14.4 Å². The van der Waals surface area contributed by atoms with Crippen LogP contribution >= 0.6 is 23.4 Å². The molecular formula is C30H23ClN2O3S. The second kappa shape index (κ2) is 12.7. The van der Waals surface area contributed by atoms with Gasteiger partial charge in [0.1, 0.15) is 5.70 Å². The number of amides is 2. The van der Waals surface area contributed by atoms with Crippen LogP contribution in [0, 0.1) is 0 Å². The van der Waals surface area contributed by atoms with Crippen molar-refractivity contribution in [2.75, 3.05) is 11.1 Å². The molecule has 0 atom stereocenters. The first-order chi connectivity index (χ1) is 18.0. The van der Waals surface area contributed by atoms with Gasteiger partial charge in [-0.1, -0.05) is 78.3 Å². The van der Waals surface area contributed by atoms with Gasteiger partial charge >= 0.3 is 0 Å². The average Bonchev–Trinajstić information content (AvgIpc) is 2.92. The van der Waals surface area contributed by atoms with Crippen LogP contribution in [0.1, 0.15) is 26.3 Å². The van der Waals surface area contributed by atoms with Crippen molar-refractivity contribution in [2.24, 2.45) is 0 Å². The first-order valence-corrected chi connectivity index (χ1v) is 12.8. The van der Waals surface area contributed by atoms with Crippen molar-refractivity contribution in [2.45, 2.75) is 4.90 Å². The van der Waals surface area contributed by atoms with Crippen molar-refractivity contribution in [3.05, 3.63) is 137 Å². The number of benzene rings is 4. The third-order valence-electron chi connectivity index (χ3n) is 5.25. The van der Waals surface area contributed by atoms with E-state index in [-0.39, 0.29) is 17.2 Å². The molecular weight excluding hydrogens is 504 g/mol. The van der Waals surface area contributed by atoms with Crippen molar-refractivity contribution in [1.29, 1.82) is 0 Å². The number of hydrogen-bond donors (Lipinski definition) is 2. The summed E-state index contributed by atoms with van der Waals surface area (Å²) in [5, 5.41) is 6.06. The van der Waals surface area contributed by atoms with Gasteiger partial charge in [-0.2, -0.15) is 0 Å². The molecule has 0 heterocycles. The third kappa shape index (κ3) is 7.67. The monoisotopic (exact) mass is 526 g/mol. The molecule has 37 heavy (non-hydrogen) atoms. The molecule has 4 aromatic rings. The highest BCUT2D eigenvalue weighted by Gasteiger charge is 2.15. The molecule has 0 aliphatic heterocycles. The van der Waals surface area contributed by atoms with Crippen LogP contribution in [-0.2, 0) is 4.79 Å². The number of anilines is 1. The quantitative estimate of drug-likeness (QED) is 0.144. The number of carbonyl (C=O) groups is 3. The first kappa shape index (κ1) is 25.9. The van der Waals surface area contributed by atoms with Crippen molar-refractivity contribution in [3.8, 4) is 0 Å². The van der Waals surface area contributed by atoms with Gasteiger partial charge in [0, 0.05) is 26.7 Å². The number of hydrogen-bond acceptors (Lipinski definition) is 4. The van der Waals surface area contributed by atoms with Crippen LogP contribution in [0.25, 0.3) is 6.08 Å². The Balaban J connectivity index is 1.49. The van der Waals surface area contributed by atoms with Gasteiger partial charge in [-0.15, -0.1) is 11.8 Å². The zero-order chi connectivity index (χ0) is 26.0. The number of ketones is 1. The number of carbonyl (C=O) groups excluding carboxylic acids is 3. The Morgan fingerprint density at radius 2 is 1.43 bits per heavy atom. The summed E-state index contributed by atoms with van der Waals surface area (Å²) in [7, 11) is 0. The Bertz CT molecular complexity index is 1440. The minimum absolute atomic E-state index is 0.0235. The molecule has 7 heteroatoms. The summed E-state index contributed by atoms with van der Waals surface area (Å²) in [4.78, 5) is 39.3. The van der Waals surface area contributed by atoms with Gasteiger partial charge in [0.25, 0.3) is 11.8 Å². The molecule has 4 aromatic carbocycles. The number of nitrogens with one attached hydrogen (secondary N) is 2. The predicted octanol–water partition coefficient (Wildman–Crippen LogP) is 6.72. The van der Waals surface area contributed by atoms with Crippen molar-refractivity contribution in [3.63, 3.8) is 0 Å². The molecule has 0 radical (unpaired) electrons. The van der Waals surface area contributed by atoms with Crippen LogP contribution in [0.4, 0.5) is 5.69 Å². The Kier molecular flexibility index (Phi) is 8.92. The fourth-order valence-electron chi connectivity index (χ4n) is 3.42. The van der Waals surface area contributed by atoms with E-state index < -0.39 is 11.8 Å². The first-order valence-electron chi connectivity index (χ1n) is 11.4. The van der Waals surface area contributed by atoms with E-state index >= 15 is 0 Å². The number of halogens is 1. The molecule has 4 rings (SSSR count). The fourth-order valence-corrected chi connectivity index (χ4v) is 4.47. The normalized spacial score (nSPS) is 11.0. The smallest absolute Gasteiger partial charge is 0.272 e. The van der Waals surface area contributed by atoms with E-state index in [1.165, 1.54) is 11.8 Å². The zero-order valence-corrected chi connectivity index (χ0v) is 21.3. The molecule has 2 amide bonds. The minimum Gasteiger partial charge on any atom is -0.321 e. The summed E-state index contributed by atoms with van der Waals surface area (Å²) in [6, 6.07) is 31.9. The summed E-state index contributed by atoms with van der Waals surface area (Å²) in [5.41, 5.74) is 2.34. The molecule has 0 fully saturated rings. The molecule has 0 saturated heterocycles. The molecule has 0 unspecified atom stereocenters. The summed E-state index contributed by atoms with van der Waals surface area (Å²) >= 11 is 7.49. The fraction of sp³-hybridized carbons (Fsp3) is 0.0333. The van der Waals surface area contributed by atoms with Crippen molar-refractivity contribution >= 4 is 52.7 Å². The van der Waals surface area contributed by atoms with Gasteiger partial charge < -0.3 is 10.6 Å². The standard InChI is InChI=1S/C30H23ClN2O3S/c31-24-14-7-9-21(17-24)18-27(33-29(35)23-12-5-2-6-13-23)30(36)32-25-15-8-16-26(19-25)37-20-28(34)22-10-3-1-4-11-22/h1-19H,20H2,(H,32,36)(H,33,35)/b27-18-. The molecule has 0 spiro atoms. The lowest BCUT2D eigenvalue weighted by molar-refractivity contribution is -0.113. The average molecular weight is 527 g/mol. The van der Waals surface area contributed by atoms with Gasteiger partial charge in [-0.05, 0) is 54.1 Å². The predicted molar refractivity (Wildman–Crippen MR) is 150 cm³/mol. The van der Waals surface area contributed by atoms with Gasteiger partial charge in [-0.3, -0.25) is 14.4 Å². The molecule has 0 aliphatic carbocycles. The molecule has 5 nitrogen and oxygen atoms in total. The van der Waals surface area contributed by atoms with Gasteiger partial charge in [-0.25, -0.2) is 0 Å². The summed E-state index contributed by atoms with van der Waals surface area (Å²) in [6.07, 6.45) is 1.57. The highest BCUT2D eigenvalue weighted by Crippen LogP contribution is 2.23. The van der Waals surface area contributed by atoms with E-state index in [4.69, 9.17) is 11.6 Å². The summed E-state index contributed by atoms with van der Waals surface area (Å²) in [5.74, 6) is -0.607. The minimum atomic E-state index is -0.494. The maximum atomic E-state index is 13.2. The lowest BCUT2D eigenvalue weighted by Gasteiger charge is -2.12. The molecule has 2 N–H and O–H groups in total. The largest absolute Gasteiger partial charge is 0.321 e. The Labute approximate surface area is 224 Å². The number of thioether (sulfide) groups is 1. The van der Waals surface area contributed by atoms with E-state index in [0.29, 0.717) is 27.4 Å². The maximum Gasteiger partial charge on any atom is 0.272 e. The topological polar surface area (TPSA) is 75.3 Å².